The van der Waals surface area contributed by atoms with Gasteiger partial charge in [-0.1, -0.05) is 0 Å². The smallest absolute Gasteiger partial charge is 0.223 e. The van der Waals surface area contributed by atoms with Gasteiger partial charge < -0.3 is 5.73 Å². The molecule has 1 saturated carbocycles. The van der Waals surface area contributed by atoms with Gasteiger partial charge in [-0.2, -0.15) is 0 Å². The minimum Gasteiger partial charge on any atom is -0.321 e. The predicted molar refractivity (Wildman–Crippen MR) is 58.5 cm³/mol. The molecule has 0 atom stereocenters. The second kappa shape index (κ2) is 3.68. The Bertz CT molecular complexity index is 352. The number of nitrogens with two attached hydrogens (primary N) is 1. The van der Waals surface area contributed by atoms with E-state index < -0.39 is 0 Å². The molecule has 1 aromatic rings. The first-order valence-corrected chi connectivity index (χ1v) is 6.12. The van der Waals surface area contributed by atoms with E-state index in [2.05, 4.69) is 9.97 Å². The van der Waals surface area contributed by atoms with E-state index in [0.29, 0.717) is 5.28 Å². The molecule has 0 saturated heterocycles. The van der Waals surface area contributed by atoms with Crippen LogP contribution in [0.3, 0.4) is 0 Å². The van der Waals surface area contributed by atoms with Crippen LogP contribution in [0.4, 0.5) is 0 Å². The average molecular weight is 230 g/mol. The molecule has 2 rings (SSSR count). The number of rotatable bonds is 2. The van der Waals surface area contributed by atoms with Gasteiger partial charge in [0.1, 0.15) is 5.03 Å². The fourth-order valence-electron chi connectivity index (χ4n) is 1.67. The SMILES string of the molecule is CSc1nc(Cl)ncc1C1(N)CCC1. The molecule has 0 bridgehead atoms. The lowest BCUT2D eigenvalue weighted by atomic mass is 9.74. The molecule has 2 N–H and O–H groups in total. The Balaban J connectivity index is 2.41. The summed E-state index contributed by atoms with van der Waals surface area (Å²) in [5, 5.41) is 1.20. The van der Waals surface area contributed by atoms with Gasteiger partial charge in [0.2, 0.25) is 5.28 Å². The molecule has 1 aliphatic carbocycles. The zero-order valence-corrected chi connectivity index (χ0v) is 9.53. The van der Waals surface area contributed by atoms with Crippen molar-refractivity contribution in [3.05, 3.63) is 17.0 Å². The largest absolute Gasteiger partial charge is 0.321 e. The van der Waals surface area contributed by atoms with Gasteiger partial charge in [-0.25, -0.2) is 9.97 Å². The van der Waals surface area contributed by atoms with Crippen LogP contribution < -0.4 is 5.73 Å². The number of aromatic nitrogens is 2. The molecule has 14 heavy (non-hydrogen) atoms. The Labute approximate surface area is 92.5 Å². The molecule has 1 aliphatic rings. The summed E-state index contributed by atoms with van der Waals surface area (Å²) in [4.78, 5) is 8.17. The van der Waals surface area contributed by atoms with Crippen LogP contribution in [0.25, 0.3) is 0 Å². The van der Waals surface area contributed by atoms with Crippen LogP contribution >= 0.6 is 23.4 Å². The summed E-state index contributed by atoms with van der Waals surface area (Å²) in [6, 6.07) is 0. The zero-order valence-electron chi connectivity index (χ0n) is 7.96. The van der Waals surface area contributed by atoms with Gasteiger partial charge in [-0.05, 0) is 37.1 Å². The molecular weight excluding hydrogens is 218 g/mol. The second-order valence-corrected chi connectivity index (χ2v) is 4.70. The first kappa shape index (κ1) is 10.2. The van der Waals surface area contributed by atoms with E-state index in [0.717, 1.165) is 23.4 Å². The molecule has 5 heteroatoms. The number of halogens is 1. The molecule has 0 aliphatic heterocycles. The van der Waals surface area contributed by atoms with E-state index >= 15 is 0 Å². The third-order valence-electron chi connectivity index (χ3n) is 2.70. The van der Waals surface area contributed by atoms with Crippen LogP contribution in [0.1, 0.15) is 24.8 Å². The highest BCUT2D eigenvalue weighted by Gasteiger charge is 2.37. The first-order valence-electron chi connectivity index (χ1n) is 4.51. The van der Waals surface area contributed by atoms with Crippen molar-refractivity contribution in [2.24, 2.45) is 5.73 Å². The molecule has 1 aromatic heterocycles. The first-order chi connectivity index (χ1) is 6.65. The lowest BCUT2D eigenvalue weighted by Gasteiger charge is -2.38. The third kappa shape index (κ3) is 1.62. The minimum absolute atomic E-state index is 0.205. The number of hydrogen-bond acceptors (Lipinski definition) is 4. The van der Waals surface area contributed by atoms with Gasteiger partial charge in [0, 0.05) is 17.3 Å². The minimum atomic E-state index is -0.205. The van der Waals surface area contributed by atoms with Crippen molar-refractivity contribution in [2.45, 2.75) is 29.8 Å². The van der Waals surface area contributed by atoms with Crippen LogP contribution in [0.5, 0.6) is 0 Å². The van der Waals surface area contributed by atoms with Crippen molar-refractivity contribution in [1.29, 1.82) is 0 Å². The number of hydrogen-bond donors (Lipinski definition) is 1. The fourth-order valence-corrected chi connectivity index (χ4v) is 2.51. The standard InChI is InChI=1S/C9H12ClN3S/c1-14-7-6(5-12-8(10)13-7)9(11)3-2-4-9/h5H,2-4,11H2,1H3. The molecule has 0 spiro atoms. The van der Waals surface area contributed by atoms with Crippen LogP contribution in [0.2, 0.25) is 5.28 Å². The van der Waals surface area contributed by atoms with Crippen molar-refractivity contribution >= 4 is 23.4 Å². The predicted octanol–water partition coefficient (Wildman–Crippen LogP) is 2.19. The summed E-state index contributed by atoms with van der Waals surface area (Å²) in [7, 11) is 0. The maximum absolute atomic E-state index is 6.21. The highest BCUT2D eigenvalue weighted by atomic mass is 35.5. The van der Waals surface area contributed by atoms with Gasteiger partial charge in [0.15, 0.2) is 0 Å². The van der Waals surface area contributed by atoms with Crippen LogP contribution in [-0.4, -0.2) is 16.2 Å². The Morgan fingerprint density at radius 1 is 1.57 bits per heavy atom. The van der Waals surface area contributed by atoms with Gasteiger partial charge in [-0.15, -0.1) is 11.8 Å². The van der Waals surface area contributed by atoms with Crippen molar-refractivity contribution in [3.63, 3.8) is 0 Å². The monoisotopic (exact) mass is 229 g/mol. The molecule has 1 heterocycles. The van der Waals surface area contributed by atoms with E-state index in [4.69, 9.17) is 17.3 Å². The molecule has 0 aromatic carbocycles. The maximum atomic E-state index is 6.21. The van der Waals surface area contributed by atoms with E-state index in [1.54, 1.807) is 18.0 Å². The summed E-state index contributed by atoms with van der Waals surface area (Å²) in [6.45, 7) is 0. The van der Waals surface area contributed by atoms with E-state index in [1.165, 1.54) is 6.42 Å². The van der Waals surface area contributed by atoms with Crippen molar-refractivity contribution in [1.82, 2.24) is 9.97 Å². The second-order valence-electron chi connectivity index (χ2n) is 3.57. The van der Waals surface area contributed by atoms with Crippen molar-refractivity contribution in [2.75, 3.05) is 6.26 Å². The number of thioether (sulfide) groups is 1. The Hall–Kier alpha value is -0.320. The van der Waals surface area contributed by atoms with Crippen molar-refractivity contribution < 1.29 is 0 Å². The summed E-state index contributed by atoms with van der Waals surface area (Å²) in [5.41, 5.74) is 7.05. The third-order valence-corrected chi connectivity index (χ3v) is 3.58. The normalized spacial score (nSPS) is 19.1. The zero-order chi connectivity index (χ0) is 10.2. The van der Waals surface area contributed by atoms with Crippen LogP contribution in [-0.2, 0) is 5.54 Å². The van der Waals surface area contributed by atoms with Crippen molar-refractivity contribution in [3.8, 4) is 0 Å². The Morgan fingerprint density at radius 2 is 2.29 bits per heavy atom. The van der Waals surface area contributed by atoms with Crippen LogP contribution in [0, 0.1) is 0 Å². The molecule has 1 fully saturated rings. The van der Waals surface area contributed by atoms with E-state index in [-0.39, 0.29) is 5.54 Å². The Morgan fingerprint density at radius 3 is 2.79 bits per heavy atom. The van der Waals surface area contributed by atoms with E-state index in [9.17, 15) is 0 Å². The molecule has 3 nitrogen and oxygen atoms in total. The highest BCUT2D eigenvalue weighted by Crippen LogP contribution is 2.41. The lowest BCUT2D eigenvalue weighted by molar-refractivity contribution is 0.247. The topological polar surface area (TPSA) is 51.8 Å². The summed E-state index contributed by atoms with van der Waals surface area (Å²) >= 11 is 7.30. The molecule has 0 amide bonds. The number of nitrogens with zero attached hydrogens (tertiary/aromatic N) is 2. The molecule has 0 unspecified atom stereocenters. The average Bonchev–Trinajstić information content (AvgIpc) is 2.14. The Kier molecular flexibility index (Phi) is 2.68. The fraction of sp³-hybridized carbons (Fsp3) is 0.556. The quantitative estimate of drug-likeness (QED) is 0.480. The van der Waals surface area contributed by atoms with Gasteiger partial charge in [0.05, 0.1) is 0 Å². The van der Waals surface area contributed by atoms with Gasteiger partial charge in [0.25, 0.3) is 0 Å². The van der Waals surface area contributed by atoms with Crippen LogP contribution in [0.15, 0.2) is 11.2 Å². The lowest BCUT2D eigenvalue weighted by Crippen LogP contribution is -2.44. The highest BCUT2D eigenvalue weighted by molar-refractivity contribution is 7.98. The summed E-state index contributed by atoms with van der Waals surface area (Å²) in [6.07, 6.45) is 6.97. The summed E-state index contributed by atoms with van der Waals surface area (Å²) in [5.74, 6) is 0. The molecular formula is C9H12ClN3S. The molecule has 76 valence electrons. The van der Waals surface area contributed by atoms with E-state index in [1.807, 2.05) is 6.26 Å². The summed E-state index contributed by atoms with van der Waals surface area (Å²) < 4.78 is 0. The van der Waals surface area contributed by atoms with Gasteiger partial charge >= 0.3 is 0 Å². The molecule has 0 radical (unpaired) electrons. The van der Waals surface area contributed by atoms with Gasteiger partial charge in [-0.3, -0.25) is 0 Å². The maximum Gasteiger partial charge on any atom is 0.223 e.